The highest BCUT2D eigenvalue weighted by Crippen LogP contribution is 2.24. The molecule has 17 heavy (non-hydrogen) atoms. The Hall–Kier alpha value is -1.85. The summed E-state index contributed by atoms with van der Waals surface area (Å²) in [5.74, 6) is -1.54. The lowest BCUT2D eigenvalue weighted by atomic mass is 9.99. The van der Waals surface area contributed by atoms with Crippen molar-refractivity contribution in [1.82, 2.24) is 15.1 Å². The van der Waals surface area contributed by atoms with Crippen LogP contribution in [-0.2, 0) is 4.79 Å². The number of H-pyrrole nitrogens is 1. The molecule has 6 nitrogen and oxygen atoms in total. The molecule has 6 heteroatoms. The molecule has 2 N–H and O–H groups in total. The second kappa shape index (κ2) is 4.20. The maximum atomic E-state index is 12.0. The number of amides is 1. The fourth-order valence-electron chi connectivity index (χ4n) is 2.14. The highest BCUT2D eigenvalue weighted by molar-refractivity contribution is 5.93. The minimum atomic E-state index is -0.842. The van der Waals surface area contributed by atoms with Crippen LogP contribution in [0.3, 0.4) is 0 Å². The summed E-state index contributed by atoms with van der Waals surface area (Å²) in [6.45, 7) is 4.40. The van der Waals surface area contributed by atoms with Crippen molar-refractivity contribution in [2.24, 2.45) is 11.8 Å². The number of aryl methyl sites for hydroxylation is 1. The number of hydrogen-bond donors (Lipinski definition) is 2. The van der Waals surface area contributed by atoms with E-state index in [9.17, 15) is 9.59 Å². The predicted octanol–water partition coefficient (Wildman–Crippen LogP) is 0.511. The molecule has 2 unspecified atom stereocenters. The lowest BCUT2D eigenvalue weighted by Gasteiger charge is -2.13. The smallest absolute Gasteiger partial charge is 0.308 e. The molecule has 2 rings (SSSR count). The zero-order valence-electron chi connectivity index (χ0n) is 9.80. The fourth-order valence-corrected chi connectivity index (χ4v) is 2.14. The van der Waals surface area contributed by atoms with E-state index >= 15 is 0 Å². The second-order valence-corrected chi connectivity index (χ2v) is 4.57. The van der Waals surface area contributed by atoms with Gasteiger partial charge in [0, 0.05) is 18.8 Å². The Labute approximate surface area is 98.6 Å². The van der Waals surface area contributed by atoms with E-state index in [0.717, 1.165) is 5.69 Å². The number of carbonyl (C=O) groups is 2. The highest BCUT2D eigenvalue weighted by Gasteiger charge is 2.37. The molecule has 0 aromatic carbocycles. The van der Waals surface area contributed by atoms with Gasteiger partial charge >= 0.3 is 5.97 Å². The van der Waals surface area contributed by atoms with Crippen molar-refractivity contribution in [2.75, 3.05) is 13.1 Å². The van der Waals surface area contributed by atoms with Gasteiger partial charge < -0.3 is 10.0 Å². The summed E-state index contributed by atoms with van der Waals surface area (Å²) in [7, 11) is 0. The van der Waals surface area contributed by atoms with Gasteiger partial charge in [0.1, 0.15) is 5.69 Å². The third-order valence-corrected chi connectivity index (χ3v) is 3.14. The summed E-state index contributed by atoms with van der Waals surface area (Å²) in [4.78, 5) is 24.5. The van der Waals surface area contributed by atoms with E-state index in [1.54, 1.807) is 11.0 Å². The van der Waals surface area contributed by atoms with Crippen LogP contribution in [0.5, 0.6) is 0 Å². The third kappa shape index (κ3) is 2.15. The van der Waals surface area contributed by atoms with E-state index in [-0.39, 0.29) is 18.4 Å². The molecule has 1 saturated heterocycles. The van der Waals surface area contributed by atoms with Crippen molar-refractivity contribution in [1.29, 1.82) is 0 Å². The van der Waals surface area contributed by atoms with Crippen molar-refractivity contribution < 1.29 is 14.7 Å². The molecule has 0 spiro atoms. The zero-order valence-corrected chi connectivity index (χ0v) is 9.80. The van der Waals surface area contributed by atoms with Gasteiger partial charge in [-0.2, -0.15) is 5.10 Å². The number of hydrogen-bond acceptors (Lipinski definition) is 3. The molecule has 92 valence electrons. The van der Waals surface area contributed by atoms with Crippen molar-refractivity contribution >= 4 is 11.9 Å². The van der Waals surface area contributed by atoms with Crippen molar-refractivity contribution in [3.63, 3.8) is 0 Å². The van der Waals surface area contributed by atoms with E-state index in [2.05, 4.69) is 10.2 Å². The van der Waals surface area contributed by atoms with Gasteiger partial charge in [-0.3, -0.25) is 14.7 Å². The fraction of sp³-hybridized carbons (Fsp3) is 0.545. The van der Waals surface area contributed by atoms with E-state index < -0.39 is 11.9 Å². The number of aromatic amines is 1. The van der Waals surface area contributed by atoms with Crippen LogP contribution in [0.25, 0.3) is 0 Å². The number of carboxylic acid groups (broad SMARTS) is 1. The van der Waals surface area contributed by atoms with Gasteiger partial charge in [-0.05, 0) is 18.9 Å². The Balaban J connectivity index is 2.10. The first-order valence-corrected chi connectivity index (χ1v) is 5.53. The van der Waals surface area contributed by atoms with Crippen molar-refractivity contribution in [3.8, 4) is 0 Å². The Morgan fingerprint density at radius 1 is 1.53 bits per heavy atom. The van der Waals surface area contributed by atoms with E-state index in [0.29, 0.717) is 12.2 Å². The van der Waals surface area contributed by atoms with Crippen LogP contribution in [0.1, 0.15) is 23.1 Å². The largest absolute Gasteiger partial charge is 0.481 e. The first-order chi connectivity index (χ1) is 7.99. The van der Waals surface area contributed by atoms with Crippen molar-refractivity contribution in [3.05, 3.63) is 17.5 Å². The maximum absolute atomic E-state index is 12.0. The molecule has 1 fully saturated rings. The van der Waals surface area contributed by atoms with E-state index in [1.165, 1.54) is 0 Å². The Morgan fingerprint density at radius 3 is 2.71 bits per heavy atom. The van der Waals surface area contributed by atoms with Gasteiger partial charge in [-0.15, -0.1) is 0 Å². The molecule has 2 heterocycles. The van der Waals surface area contributed by atoms with E-state index in [1.807, 2.05) is 13.8 Å². The number of carbonyl (C=O) groups excluding carboxylic acids is 1. The molecule has 0 aliphatic carbocycles. The maximum Gasteiger partial charge on any atom is 0.308 e. The van der Waals surface area contributed by atoms with Gasteiger partial charge in [0.2, 0.25) is 0 Å². The number of nitrogens with zero attached hydrogens (tertiary/aromatic N) is 2. The van der Waals surface area contributed by atoms with Crippen molar-refractivity contribution in [2.45, 2.75) is 13.8 Å². The van der Waals surface area contributed by atoms with Crippen LogP contribution in [0.15, 0.2) is 6.07 Å². The Kier molecular flexibility index (Phi) is 2.87. The molecule has 2 atom stereocenters. The molecule has 0 bridgehead atoms. The first kappa shape index (κ1) is 11.6. The molecule has 1 aromatic rings. The third-order valence-electron chi connectivity index (χ3n) is 3.14. The van der Waals surface area contributed by atoms with Gasteiger partial charge in [0.25, 0.3) is 5.91 Å². The molecule has 0 saturated carbocycles. The monoisotopic (exact) mass is 237 g/mol. The van der Waals surface area contributed by atoms with Gasteiger partial charge in [-0.1, -0.05) is 6.92 Å². The van der Waals surface area contributed by atoms with Crippen LogP contribution < -0.4 is 0 Å². The van der Waals surface area contributed by atoms with E-state index in [4.69, 9.17) is 5.11 Å². The molecule has 1 amide bonds. The quantitative estimate of drug-likeness (QED) is 0.784. The molecular weight excluding hydrogens is 222 g/mol. The zero-order chi connectivity index (χ0) is 12.6. The number of rotatable bonds is 2. The summed E-state index contributed by atoms with van der Waals surface area (Å²) < 4.78 is 0. The SMILES string of the molecule is Cc1cc(C(=O)N2CC(C)C(C(=O)O)C2)n[nH]1. The summed E-state index contributed by atoms with van der Waals surface area (Å²) in [5, 5.41) is 15.6. The topological polar surface area (TPSA) is 86.3 Å². The number of aromatic nitrogens is 2. The van der Waals surface area contributed by atoms with Gasteiger partial charge in [0.05, 0.1) is 5.92 Å². The summed E-state index contributed by atoms with van der Waals surface area (Å²) in [6.07, 6.45) is 0. The van der Waals surface area contributed by atoms with Gasteiger partial charge in [0.15, 0.2) is 0 Å². The van der Waals surface area contributed by atoms with Crippen LogP contribution in [-0.4, -0.2) is 45.2 Å². The predicted molar refractivity (Wildman–Crippen MR) is 59.5 cm³/mol. The van der Waals surface area contributed by atoms with Crippen LogP contribution in [0, 0.1) is 18.8 Å². The number of carboxylic acids is 1. The van der Waals surface area contributed by atoms with Crippen LogP contribution in [0.2, 0.25) is 0 Å². The number of aliphatic carboxylic acids is 1. The lowest BCUT2D eigenvalue weighted by Crippen LogP contribution is -2.30. The summed E-state index contributed by atoms with van der Waals surface area (Å²) in [6, 6.07) is 1.67. The summed E-state index contributed by atoms with van der Waals surface area (Å²) in [5.41, 5.74) is 1.16. The molecule has 1 aromatic heterocycles. The van der Waals surface area contributed by atoms with Gasteiger partial charge in [-0.25, -0.2) is 0 Å². The van der Waals surface area contributed by atoms with Crippen LogP contribution >= 0.6 is 0 Å². The standard InChI is InChI=1S/C11H15N3O3/c1-6-4-14(5-8(6)11(16)17)10(15)9-3-7(2)12-13-9/h3,6,8H,4-5H2,1-2H3,(H,12,13)(H,16,17). The minimum Gasteiger partial charge on any atom is -0.481 e. The second-order valence-electron chi connectivity index (χ2n) is 4.57. The number of likely N-dealkylation sites (tertiary alicyclic amines) is 1. The molecule has 0 radical (unpaired) electrons. The lowest BCUT2D eigenvalue weighted by molar-refractivity contribution is -0.142. The minimum absolute atomic E-state index is 0.0171. The van der Waals surface area contributed by atoms with Crippen LogP contribution in [0.4, 0.5) is 0 Å². The molecule has 1 aliphatic heterocycles. The summed E-state index contributed by atoms with van der Waals surface area (Å²) >= 11 is 0. The Morgan fingerprint density at radius 2 is 2.24 bits per heavy atom. The molecular formula is C11H15N3O3. The average molecular weight is 237 g/mol. The number of nitrogens with one attached hydrogen (secondary N) is 1. The molecule has 1 aliphatic rings. The normalized spacial score (nSPS) is 24.0. The first-order valence-electron chi connectivity index (χ1n) is 5.53. The Bertz CT molecular complexity index is 455. The average Bonchev–Trinajstić information content (AvgIpc) is 2.83. The highest BCUT2D eigenvalue weighted by atomic mass is 16.4.